The van der Waals surface area contributed by atoms with Crippen molar-refractivity contribution in [1.82, 2.24) is 10.3 Å². The maximum atomic E-state index is 12.4. The van der Waals surface area contributed by atoms with Gasteiger partial charge in [-0.3, -0.25) is 9.78 Å². The van der Waals surface area contributed by atoms with Crippen molar-refractivity contribution >= 4 is 29.1 Å². The van der Waals surface area contributed by atoms with Crippen LogP contribution in [0.4, 0.5) is 0 Å². The van der Waals surface area contributed by atoms with E-state index < -0.39 is 0 Å². The number of amides is 1. The number of carbonyl (C=O) groups is 1. The normalized spacial score (nSPS) is 11.8. The quantitative estimate of drug-likeness (QED) is 0.928. The standard InChI is InChI=1S/C15H14Cl2N2O2/c1-9(10-4-3-7-18-8-10)19-15(20)13-11(16)5-6-12(17)14(13)21-2/h3-9H,1-2H3,(H,19,20). The zero-order valence-corrected chi connectivity index (χ0v) is 13.1. The van der Waals surface area contributed by atoms with Crippen molar-refractivity contribution in [1.29, 1.82) is 0 Å². The van der Waals surface area contributed by atoms with E-state index in [2.05, 4.69) is 10.3 Å². The number of benzene rings is 1. The lowest BCUT2D eigenvalue weighted by atomic mass is 10.1. The summed E-state index contributed by atoms with van der Waals surface area (Å²) in [6.45, 7) is 1.86. The molecule has 0 fully saturated rings. The molecule has 0 saturated heterocycles. The second kappa shape index (κ2) is 6.78. The zero-order chi connectivity index (χ0) is 15.4. The molecule has 1 atom stereocenters. The molecule has 1 unspecified atom stereocenters. The van der Waals surface area contributed by atoms with E-state index >= 15 is 0 Å². The fraction of sp³-hybridized carbons (Fsp3) is 0.200. The monoisotopic (exact) mass is 324 g/mol. The third kappa shape index (κ3) is 3.46. The highest BCUT2D eigenvalue weighted by atomic mass is 35.5. The number of aromatic nitrogens is 1. The Bertz CT molecular complexity index is 648. The van der Waals surface area contributed by atoms with E-state index in [9.17, 15) is 4.79 Å². The summed E-state index contributed by atoms with van der Waals surface area (Å²) in [5, 5.41) is 3.47. The SMILES string of the molecule is COc1c(Cl)ccc(Cl)c1C(=O)NC(C)c1cccnc1. The Morgan fingerprint density at radius 3 is 2.62 bits per heavy atom. The Labute approximate surface area is 133 Å². The van der Waals surface area contributed by atoms with Crippen LogP contribution < -0.4 is 10.1 Å². The van der Waals surface area contributed by atoms with Crippen molar-refractivity contribution in [3.63, 3.8) is 0 Å². The van der Waals surface area contributed by atoms with Crippen LogP contribution >= 0.6 is 23.2 Å². The van der Waals surface area contributed by atoms with Crippen LogP contribution in [-0.4, -0.2) is 18.0 Å². The number of rotatable bonds is 4. The van der Waals surface area contributed by atoms with Gasteiger partial charge in [0.05, 0.1) is 23.2 Å². The van der Waals surface area contributed by atoms with Crippen molar-refractivity contribution in [3.8, 4) is 5.75 Å². The van der Waals surface area contributed by atoms with Gasteiger partial charge in [0.1, 0.15) is 5.56 Å². The number of carbonyl (C=O) groups excluding carboxylic acids is 1. The van der Waals surface area contributed by atoms with Crippen molar-refractivity contribution in [2.45, 2.75) is 13.0 Å². The third-order valence-corrected chi connectivity index (χ3v) is 3.63. The predicted molar refractivity (Wildman–Crippen MR) is 83.1 cm³/mol. The van der Waals surface area contributed by atoms with Gasteiger partial charge in [0.25, 0.3) is 5.91 Å². The molecule has 0 aliphatic heterocycles. The first-order chi connectivity index (χ1) is 10.0. The van der Waals surface area contributed by atoms with Gasteiger partial charge >= 0.3 is 0 Å². The van der Waals surface area contributed by atoms with Gasteiger partial charge in [-0.25, -0.2) is 0 Å². The fourth-order valence-corrected chi connectivity index (χ4v) is 2.40. The lowest BCUT2D eigenvalue weighted by Crippen LogP contribution is -2.27. The average Bonchev–Trinajstić information content (AvgIpc) is 2.49. The van der Waals surface area contributed by atoms with Gasteiger partial charge in [-0.2, -0.15) is 0 Å². The Morgan fingerprint density at radius 2 is 2.00 bits per heavy atom. The summed E-state index contributed by atoms with van der Waals surface area (Å²) in [4.78, 5) is 16.5. The molecule has 1 amide bonds. The van der Waals surface area contributed by atoms with Crippen molar-refractivity contribution in [3.05, 3.63) is 57.8 Å². The number of nitrogens with zero attached hydrogens (tertiary/aromatic N) is 1. The van der Waals surface area contributed by atoms with Gasteiger partial charge < -0.3 is 10.1 Å². The van der Waals surface area contributed by atoms with Crippen LogP contribution in [-0.2, 0) is 0 Å². The molecule has 2 rings (SSSR count). The van der Waals surface area contributed by atoms with Gasteiger partial charge in [-0.05, 0) is 30.7 Å². The Balaban J connectivity index is 2.27. The molecule has 0 aliphatic carbocycles. The molecule has 1 heterocycles. The van der Waals surface area contributed by atoms with Gasteiger partial charge in [0, 0.05) is 12.4 Å². The molecule has 0 aliphatic rings. The van der Waals surface area contributed by atoms with Gasteiger partial charge in [0.15, 0.2) is 5.75 Å². The summed E-state index contributed by atoms with van der Waals surface area (Å²) in [7, 11) is 1.44. The van der Waals surface area contributed by atoms with Crippen LogP contribution in [0.15, 0.2) is 36.7 Å². The van der Waals surface area contributed by atoms with Crippen LogP contribution in [0.5, 0.6) is 5.75 Å². The Morgan fingerprint density at radius 1 is 1.29 bits per heavy atom. The van der Waals surface area contributed by atoms with E-state index in [0.717, 1.165) is 5.56 Å². The Kier molecular flexibility index (Phi) is 5.04. The first-order valence-electron chi connectivity index (χ1n) is 6.27. The predicted octanol–water partition coefficient (Wildman–Crippen LogP) is 3.89. The molecule has 0 spiro atoms. The number of halogens is 2. The van der Waals surface area contributed by atoms with Gasteiger partial charge in [-0.1, -0.05) is 29.3 Å². The first kappa shape index (κ1) is 15.6. The lowest BCUT2D eigenvalue weighted by molar-refractivity contribution is 0.0937. The van der Waals surface area contributed by atoms with E-state index in [4.69, 9.17) is 27.9 Å². The molecule has 0 saturated carbocycles. The van der Waals surface area contributed by atoms with E-state index in [1.54, 1.807) is 24.5 Å². The van der Waals surface area contributed by atoms with Crippen LogP contribution in [0, 0.1) is 0 Å². The van der Waals surface area contributed by atoms with E-state index in [1.165, 1.54) is 7.11 Å². The van der Waals surface area contributed by atoms with Crippen LogP contribution in [0.2, 0.25) is 10.0 Å². The van der Waals surface area contributed by atoms with E-state index in [0.29, 0.717) is 5.02 Å². The number of pyridine rings is 1. The molecule has 4 nitrogen and oxygen atoms in total. The Hall–Kier alpha value is -1.78. The summed E-state index contributed by atoms with van der Waals surface area (Å²) in [5.74, 6) is -0.0873. The smallest absolute Gasteiger partial charge is 0.257 e. The lowest BCUT2D eigenvalue weighted by Gasteiger charge is -2.16. The molecule has 1 N–H and O–H groups in total. The van der Waals surface area contributed by atoms with Crippen molar-refractivity contribution in [2.75, 3.05) is 7.11 Å². The highest BCUT2D eigenvalue weighted by molar-refractivity contribution is 6.37. The minimum Gasteiger partial charge on any atom is -0.494 e. The largest absolute Gasteiger partial charge is 0.494 e. The minimum absolute atomic E-state index is 0.217. The molecule has 6 heteroatoms. The van der Waals surface area contributed by atoms with Crippen LogP contribution in [0.25, 0.3) is 0 Å². The summed E-state index contributed by atoms with van der Waals surface area (Å²) >= 11 is 12.1. The highest BCUT2D eigenvalue weighted by Crippen LogP contribution is 2.34. The molecule has 0 bridgehead atoms. The van der Waals surface area contributed by atoms with Crippen molar-refractivity contribution < 1.29 is 9.53 Å². The van der Waals surface area contributed by atoms with Crippen LogP contribution in [0.1, 0.15) is 28.9 Å². The molecule has 1 aromatic carbocycles. The minimum atomic E-state index is -0.351. The molecule has 21 heavy (non-hydrogen) atoms. The topological polar surface area (TPSA) is 51.2 Å². The van der Waals surface area contributed by atoms with Gasteiger partial charge in [-0.15, -0.1) is 0 Å². The summed E-state index contributed by atoms with van der Waals surface area (Å²) in [6.07, 6.45) is 3.37. The fourth-order valence-electron chi connectivity index (χ4n) is 1.93. The molecule has 110 valence electrons. The second-order valence-electron chi connectivity index (χ2n) is 4.42. The van der Waals surface area contributed by atoms with Crippen molar-refractivity contribution in [2.24, 2.45) is 0 Å². The maximum absolute atomic E-state index is 12.4. The zero-order valence-electron chi connectivity index (χ0n) is 11.6. The molecule has 0 radical (unpaired) electrons. The van der Waals surface area contributed by atoms with E-state index in [-0.39, 0.29) is 28.3 Å². The number of hydrogen-bond donors (Lipinski definition) is 1. The second-order valence-corrected chi connectivity index (χ2v) is 5.23. The van der Waals surface area contributed by atoms with Crippen LogP contribution in [0.3, 0.4) is 0 Å². The number of methoxy groups -OCH3 is 1. The number of nitrogens with one attached hydrogen (secondary N) is 1. The summed E-state index contributed by atoms with van der Waals surface area (Å²) in [6, 6.07) is 6.63. The van der Waals surface area contributed by atoms with E-state index in [1.807, 2.05) is 19.1 Å². The number of ether oxygens (including phenoxy) is 1. The average molecular weight is 325 g/mol. The highest BCUT2D eigenvalue weighted by Gasteiger charge is 2.21. The third-order valence-electron chi connectivity index (χ3n) is 3.02. The molecular weight excluding hydrogens is 311 g/mol. The first-order valence-corrected chi connectivity index (χ1v) is 7.03. The maximum Gasteiger partial charge on any atom is 0.257 e. The summed E-state index contributed by atoms with van der Waals surface area (Å²) < 4.78 is 5.18. The molecule has 2 aromatic rings. The number of hydrogen-bond acceptors (Lipinski definition) is 3. The summed E-state index contributed by atoms with van der Waals surface area (Å²) in [5.41, 5.74) is 1.12. The molecular formula is C15H14Cl2N2O2. The van der Waals surface area contributed by atoms with Gasteiger partial charge in [0.2, 0.25) is 0 Å². The molecule has 1 aromatic heterocycles.